The van der Waals surface area contributed by atoms with Crippen LogP contribution in [0.15, 0.2) is 24.3 Å². The fourth-order valence-corrected chi connectivity index (χ4v) is 6.05. The van der Waals surface area contributed by atoms with Gasteiger partial charge < -0.3 is 14.5 Å². The van der Waals surface area contributed by atoms with Crippen molar-refractivity contribution in [1.82, 2.24) is 9.80 Å². The number of hydrogen-bond donors (Lipinski definition) is 0. The van der Waals surface area contributed by atoms with E-state index in [0.29, 0.717) is 37.9 Å². The molecule has 1 aromatic carbocycles. The molecule has 0 spiro atoms. The molecule has 2 aliphatic heterocycles. The Morgan fingerprint density at radius 2 is 1.91 bits per heavy atom. The van der Waals surface area contributed by atoms with E-state index in [9.17, 15) is 27.2 Å². The van der Waals surface area contributed by atoms with E-state index in [0.717, 1.165) is 12.8 Å². The fraction of sp³-hybridized carbons (Fsp3) is 0.609. The molecule has 3 rings (SSSR count). The molecule has 10 heteroatoms. The van der Waals surface area contributed by atoms with E-state index in [-0.39, 0.29) is 30.0 Å². The highest BCUT2D eigenvalue weighted by atomic mass is 32.2. The van der Waals surface area contributed by atoms with Gasteiger partial charge in [0.1, 0.15) is 5.82 Å². The summed E-state index contributed by atoms with van der Waals surface area (Å²) in [6, 6.07) is 4.87. The molecule has 0 N–H and O–H groups in total. The highest BCUT2D eigenvalue weighted by Crippen LogP contribution is 2.21. The van der Waals surface area contributed by atoms with Gasteiger partial charge in [-0.25, -0.2) is 12.8 Å². The molecule has 0 aromatic heterocycles. The molecule has 2 fully saturated rings. The quantitative estimate of drug-likeness (QED) is 0.526. The predicted molar refractivity (Wildman–Crippen MR) is 120 cm³/mol. The molecule has 182 valence electrons. The van der Waals surface area contributed by atoms with E-state index in [1.807, 2.05) is 6.92 Å². The number of halogens is 1. The number of benzene rings is 1. The van der Waals surface area contributed by atoms with E-state index in [2.05, 4.69) is 0 Å². The number of ether oxygens (including phenoxy) is 1. The molecule has 2 saturated heterocycles. The molecule has 0 bridgehead atoms. The van der Waals surface area contributed by atoms with Crippen LogP contribution in [-0.4, -0.2) is 79.8 Å². The number of carbonyl (C=O) groups excluding carboxylic acids is 3. The van der Waals surface area contributed by atoms with Gasteiger partial charge in [-0.2, -0.15) is 0 Å². The summed E-state index contributed by atoms with van der Waals surface area (Å²) in [5.74, 6) is -2.20. The molecule has 0 radical (unpaired) electrons. The second-order valence-corrected chi connectivity index (χ2v) is 10.9. The molecule has 2 unspecified atom stereocenters. The minimum atomic E-state index is -3.15. The average molecular weight is 483 g/mol. The molecule has 33 heavy (non-hydrogen) atoms. The number of rotatable bonds is 8. The SMILES string of the molecule is CCCCN(C(=O)COC(=O)C1CCCN(C(=O)c2ccc(F)cc2)C1)C1CCS(=O)(=O)C1. The lowest BCUT2D eigenvalue weighted by Crippen LogP contribution is -2.45. The van der Waals surface area contributed by atoms with Crippen LogP contribution in [0.3, 0.4) is 0 Å². The number of amides is 2. The summed E-state index contributed by atoms with van der Waals surface area (Å²) in [7, 11) is -3.15. The van der Waals surface area contributed by atoms with E-state index in [4.69, 9.17) is 4.74 Å². The summed E-state index contributed by atoms with van der Waals surface area (Å²) in [5, 5.41) is 0. The number of carbonyl (C=O) groups is 3. The Morgan fingerprint density at radius 1 is 1.18 bits per heavy atom. The maximum atomic E-state index is 13.1. The maximum absolute atomic E-state index is 13.1. The first-order valence-electron chi connectivity index (χ1n) is 11.4. The molecule has 2 heterocycles. The number of hydrogen-bond acceptors (Lipinski definition) is 6. The number of likely N-dealkylation sites (tertiary alicyclic amines) is 1. The van der Waals surface area contributed by atoms with Crippen LogP contribution in [0.5, 0.6) is 0 Å². The highest BCUT2D eigenvalue weighted by molar-refractivity contribution is 7.91. The summed E-state index contributed by atoms with van der Waals surface area (Å²) in [5.41, 5.74) is 0.346. The first-order valence-corrected chi connectivity index (χ1v) is 13.2. The van der Waals surface area contributed by atoms with Gasteiger partial charge in [-0.1, -0.05) is 13.3 Å². The van der Waals surface area contributed by atoms with Crippen molar-refractivity contribution in [3.63, 3.8) is 0 Å². The van der Waals surface area contributed by atoms with Crippen molar-refractivity contribution in [1.29, 1.82) is 0 Å². The van der Waals surface area contributed by atoms with Crippen molar-refractivity contribution in [2.45, 2.75) is 45.1 Å². The van der Waals surface area contributed by atoms with Crippen molar-refractivity contribution >= 4 is 27.6 Å². The van der Waals surface area contributed by atoms with Crippen molar-refractivity contribution in [3.05, 3.63) is 35.6 Å². The molecular weight excluding hydrogens is 451 g/mol. The first kappa shape index (κ1) is 25.1. The van der Waals surface area contributed by atoms with Crippen LogP contribution in [0.4, 0.5) is 4.39 Å². The molecule has 2 aliphatic rings. The predicted octanol–water partition coefficient (Wildman–Crippen LogP) is 2.04. The van der Waals surface area contributed by atoms with E-state index < -0.39 is 40.1 Å². The number of unbranched alkanes of at least 4 members (excludes halogenated alkanes) is 1. The normalized spacial score (nSPS) is 22.1. The second kappa shape index (κ2) is 11.1. The van der Waals surface area contributed by atoms with Crippen LogP contribution >= 0.6 is 0 Å². The third-order valence-corrected chi connectivity index (χ3v) is 7.94. The molecule has 1 aromatic rings. The number of esters is 1. The van der Waals surface area contributed by atoms with Gasteiger partial charge in [-0.3, -0.25) is 14.4 Å². The van der Waals surface area contributed by atoms with E-state index in [1.54, 1.807) is 4.90 Å². The van der Waals surface area contributed by atoms with Crippen LogP contribution in [0.25, 0.3) is 0 Å². The Labute approximate surface area is 194 Å². The van der Waals surface area contributed by atoms with Gasteiger partial charge in [-0.15, -0.1) is 0 Å². The zero-order chi connectivity index (χ0) is 24.0. The van der Waals surface area contributed by atoms with Gasteiger partial charge in [0.15, 0.2) is 16.4 Å². The lowest BCUT2D eigenvalue weighted by molar-refractivity contribution is -0.157. The Bertz CT molecular complexity index is 966. The summed E-state index contributed by atoms with van der Waals surface area (Å²) in [4.78, 5) is 41.2. The summed E-state index contributed by atoms with van der Waals surface area (Å²) >= 11 is 0. The third-order valence-electron chi connectivity index (χ3n) is 6.19. The van der Waals surface area contributed by atoms with Gasteiger partial charge in [0, 0.05) is 31.2 Å². The van der Waals surface area contributed by atoms with Gasteiger partial charge >= 0.3 is 5.97 Å². The van der Waals surface area contributed by atoms with Crippen LogP contribution in [0.1, 0.15) is 49.4 Å². The van der Waals surface area contributed by atoms with Crippen molar-refractivity contribution in [2.24, 2.45) is 5.92 Å². The Kier molecular flexibility index (Phi) is 8.45. The monoisotopic (exact) mass is 482 g/mol. The Morgan fingerprint density at radius 3 is 2.55 bits per heavy atom. The summed E-state index contributed by atoms with van der Waals surface area (Å²) in [6.07, 6.45) is 3.14. The van der Waals surface area contributed by atoms with Crippen molar-refractivity contribution in [2.75, 3.05) is 37.7 Å². The average Bonchev–Trinajstić information content (AvgIpc) is 3.17. The highest BCUT2D eigenvalue weighted by Gasteiger charge is 2.35. The lowest BCUT2D eigenvalue weighted by Gasteiger charge is -2.32. The van der Waals surface area contributed by atoms with Gasteiger partial charge in [0.05, 0.1) is 17.4 Å². The first-order chi connectivity index (χ1) is 15.7. The lowest BCUT2D eigenvalue weighted by atomic mass is 9.97. The van der Waals surface area contributed by atoms with Crippen molar-refractivity contribution < 1.29 is 31.9 Å². The van der Waals surface area contributed by atoms with E-state index >= 15 is 0 Å². The molecule has 0 saturated carbocycles. The zero-order valence-electron chi connectivity index (χ0n) is 18.9. The fourth-order valence-electron chi connectivity index (χ4n) is 4.32. The smallest absolute Gasteiger partial charge is 0.311 e. The maximum Gasteiger partial charge on any atom is 0.311 e. The molecule has 0 aliphatic carbocycles. The summed E-state index contributed by atoms with van der Waals surface area (Å²) in [6.45, 7) is 2.62. The third kappa shape index (κ3) is 6.75. The van der Waals surface area contributed by atoms with Crippen molar-refractivity contribution in [3.8, 4) is 0 Å². The van der Waals surface area contributed by atoms with Crippen LogP contribution in [-0.2, 0) is 24.2 Å². The zero-order valence-corrected chi connectivity index (χ0v) is 19.7. The second-order valence-electron chi connectivity index (χ2n) is 8.70. The largest absolute Gasteiger partial charge is 0.455 e. The van der Waals surface area contributed by atoms with Crippen LogP contribution in [0, 0.1) is 11.7 Å². The number of piperidine rings is 1. The van der Waals surface area contributed by atoms with E-state index in [1.165, 1.54) is 29.2 Å². The molecular formula is C23H31FN2O6S. The minimum absolute atomic E-state index is 0.0561. The van der Waals surface area contributed by atoms with Gasteiger partial charge in [0.2, 0.25) is 0 Å². The minimum Gasteiger partial charge on any atom is -0.455 e. The van der Waals surface area contributed by atoms with Crippen LogP contribution < -0.4 is 0 Å². The topological polar surface area (TPSA) is 101 Å². The van der Waals surface area contributed by atoms with Crippen LogP contribution in [0.2, 0.25) is 0 Å². The Hall–Kier alpha value is -2.49. The Balaban J connectivity index is 1.55. The molecule has 8 nitrogen and oxygen atoms in total. The summed E-state index contributed by atoms with van der Waals surface area (Å²) < 4.78 is 42.1. The molecule has 2 atom stereocenters. The standard InChI is InChI=1S/C23H31FN2O6S/c1-2-3-12-26(20-10-13-33(30,31)16-20)21(27)15-32-23(29)18-5-4-11-25(14-18)22(28)17-6-8-19(24)9-7-17/h6-9,18,20H,2-5,10-16H2,1H3. The number of sulfone groups is 1. The van der Waals surface area contributed by atoms with Gasteiger partial charge in [-0.05, 0) is 49.9 Å². The van der Waals surface area contributed by atoms with Gasteiger partial charge in [0.25, 0.3) is 11.8 Å². The molecule has 2 amide bonds. The number of nitrogens with zero attached hydrogens (tertiary/aromatic N) is 2.